The zero-order valence-corrected chi connectivity index (χ0v) is 16.8. The lowest BCUT2D eigenvalue weighted by molar-refractivity contribution is -0.384. The van der Waals surface area contributed by atoms with Gasteiger partial charge in [0.1, 0.15) is 0 Å². The smallest absolute Gasteiger partial charge is 0.274 e. The van der Waals surface area contributed by atoms with Crippen molar-refractivity contribution in [1.82, 2.24) is 29.8 Å². The van der Waals surface area contributed by atoms with Gasteiger partial charge in [-0.05, 0) is 31.0 Å². The van der Waals surface area contributed by atoms with E-state index in [4.69, 9.17) is 0 Å². The molecule has 0 aliphatic carbocycles. The highest BCUT2D eigenvalue weighted by Crippen LogP contribution is 2.17. The second-order valence-electron chi connectivity index (χ2n) is 7.36. The molecule has 0 spiro atoms. The highest BCUT2D eigenvalue weighted by atomic mass is 16.6. The summed E-state index contributed by atoms with van der Waals surface area (Å²) in [6.07, 6.45) is 6.14. The summed E-state index contributed by atoms with van der Waals surface area (Å²) < 4.78 is 3.09. The normalized spacial score (nSPS) is 14.4. The van der Waals surface area contributed by atoms with Crippen LogP contribution in [-0.2, 0) is 7.05 Å². The lowest BCUT2D eigenvalue weighted by Crippen LogP contribution is -2.46. The Bertz CT molecular complexity index is 1110. The topological polar surface area (TPSA) is 128 Å². The predicted octanol–water partition coefficient (Wildman–Crippen LogP) is 1.55. The lowest BCUT2D eigenvalue weighted by atomic mass is 10.0. The van der Waals surface area contributed by atoms with Crippen LogP contribution in [0.5, 0.6) is 0 Å². The fourth-order valence-electron chi connectivity index (χ4n) is 3.51. The number of aromatic nitrogens is 4. The highest BCUT2D eigenvalue weighted by Gasteiger charge is 2.26. The van der Waals surface area contributed by atoms with Gasteiger partial charge in [-0.2, -0.15) is 10.2 Å². The highest BCUT2D eigenvalue weighted by molar-refractivity contribution is 5.94. The molecule has 11 nitrogen and oxygen atoms in total. The zero-order valence-electron chi connectivity index (χ0n) is 16.8. The van der Waals surface area contributed by atoms with Crippen molar-refractivity contribution in [3.05, 3.63) is 70.3 Å². The molecule has 0 unspecified atom stereocenters. The number of carbonyl (C=O) groups is 2. The van der Waals surface area contributed by atoms with Crippen LogP contribution in [-0.4, -0.2) is 60.3 Å². The number of nitro groups is 1. The van der Waals surface area contributed by atoms with E-state index < -0.39 is 4.92 Å². The van der Waals surface area contributed by atoms with Crippen molar-refractivity contribution in [2.45, 2.75) is 18.9 Å². The summed E-state index contributed by atoms with van der Waals surface area (Å²) in [5.74, 6) is -0.350. The molecule has 4 rings (SSSR count). The Morgan fingerprint density at radius 3 is 2.48 bits per heavy atom. The zero-order chi connectivity index (χ0) is 22.0. The molecule has 2 aromatic heterocycles. The maximum atomic E-state index is 12.8. The summed E-state index contributed by atoms with van der Waals surface area (Å²) in [4.78, 5) is 37.1. The van der Waals surface area contributed by atoms with Crippen LogP contribution in [0.15, 0.2) is 48.9 Å². The molecule has 1 aliphatic heterocycles. The Morgan fingerprint density at radius 2 is 1.87 bits per heavy atom. The minimum absolute atomic E-state index is 0.00516. The molecule has 1 fully saturated rings. The van der Waals surface area contributed by atoms with E-state index in [2.05, 4.69) is 15.5 Å². The molecule has 0 atom stereocenters. The monoisotopic (exact) mass is 423 g/mol. The number of non-ortho nitro benzene ring substituents is 1. The van der Waals surface area contributed by atoms with E-state index in [-0.39, 0.29) is 23.5 Å². The molecule has 0 bridgehead atoms. The van der Waals surface area contributed by atoms with E-state index in [9.17, 15) is 19.7 Å². The van der Waals surface area contributed by atoms with Crippen LogP contribution in [0.3, 0.4) is 0 Å². The molecular formula is C20H21N7O4. The number of aryl methyl sites for hydroxylation is 1. The van der Waals surface area contributed by atoms with Crippen molar-refractivity contribution in [3.63, 3.8) is 0 Å². The first-order chi connectivity index (χ1) is 14.9. The molecule has 1 N–H and O–H groups in total. The van der Waals surface area contributed by atoms with Crippen LogP contribution in [0.4, 0.5) is 5.69 Å². The van der Waals surface area contributed by atoms with Gasteiger partial charge in [0.05, 0.1) is 22.4 Å². The van der Waals surface area contributed by atoms with Gasteiger partial charge in [-0.3, -0.25) is 24.4 Å². The number of nitrogens with zero attached hydrogens (tertiary/aromatic N) is 6. The van der Waals surface area contributed by atoms with Crippen molar-refractivity contribution in [3.8, 4) is 5.69 Å². The first-order valence-corrected chi connectivity index (χ1v) is 9.80. The first-order valence-electron chi connectivity index (χ1n) is 9.80. The molecule has 3 heterocycles. The van der Waals surface area contributed by atoms with Gasteiger partial charge in [0.25, 0.3) is 17.5 Å². The molecular weight excluding hydrogens is 402 g/mol. The molecule has 0 saturated carbocycles. The third-order valence-corrected chi connectivity index (χ3v) is 5.22. The number of piperidine rings is 1. The average molecular weight is 423 g/mol. The Hall–Kier alpha value is -4.02. The number of likely N-dealkylation sites (tertiary alicyclic amines) is 1. The predicted molar refractivity (Wildman–Crippen MR) is 110 cm³/mol. The molecule has 31 heavy (non-hydrogen) atoms. The number of nitro benzene ring substituents is 1. The summed E-state index contributed by atoms with van der Waals surface area (Å²) in [5.41, 5.74) is 1.43. The average Bonchev–Trinajstić information content (AvgIpc) is 3.43. The van der Waals surface area contributed by atoms with E-state index in [1.54, 1.807) is 47.2 Å². The van der Waals surface area contributed by atoms with Gasteiger partial charge in [0.15, 0.2) is 5.69 Å². The van der Waals surface area contributed by atoms with Crippen LogP contribution < -0.4 is 5.32 Å². The number of carbonyl (C=O) groups excluding carboxylic acids is 2. The lowest BCUT2D eigenvalue weighted by Gasteiger charge is -2.31. The van der Waals surface area contributed by atoms with Crippen molar-refractivity contribution >= 4 is 17.5 Å². The summed E-state index contributed by atoms with van der Waals surface area (Å²) in [5, 5.41) is 22.1. The number of hydrogen-bond donors (Lipinski definition) is 1. The summed E-state index contributed by atoms with van der Waals surface area (Å²) in [6, 6.07) is 7.56. The number of hydrogen-bond acceptors (Lipinski definition) is 6. The maximum absolute atomic E-state index is 12.8. The minimum atomic E-state index is -0.468. The van der Waals surface area contributed by atoms with E-state index in [1.165, 1.54) is 23.0 Å². The third kappa shape index (κ3) is 4.44. The number of rotatable bonds is 5. The van der Waals surface area contributed by atoms with Crippen LogP contribution >= 0.6 is 0 Å². The van der Waals surface area contributed by atoms with Gasteiger partial charge < -0.3 is 10.2 Å². The van der Waals surface area contributed by atoms with Gasteiger partial charge >= 0.3 is 0 Å². The van der Waals surface area contributed by atoms with Gasteiger partial charge in [0, 0.05) is 50.7 Å². The second-order valence-corrected chi connectivity index (χ2v) is 7.36. The fraction of sp³-hybridized carbons (Fsp3) is 0.300. The molecule has 11 heteroatoms. The van der Waals surface area contributed by atoms with Gasteiger partial charge in [-0.25, -0.2) is 4.68 Å². The Kier molecular flexibility index (Phi) is 5.48. The molecule has 1 saturated heterocycles. The number of nitrogens with one attached hydrogen (secondary N) is 1. The van der Waals surface area contributed by atoms with Crippen molar-refractivity contribution in [1.29, 1.82) is 0 Å². The molecule has 0 radical (unpaired) electrons. The Labute approximate surface area is 177 Å². The minimum Gasteiger partial charge on any atom is -0.349 e. The van der Waals surface area contributed by atoms with E-state index in [1.807, 2.05) is 0 Å². The quantitative estimate of drug-likeness (QED) is 0.490. The van der Waals surface area contributed by atoms with Crippen LogP contribution in [0.2, 0.25) is 0 Å². The molecule has 160 valence electrons. The van der Waals surface area contributed by atoms with Crippen LogP contribution in [0.1, 0.15) is 33.7 Å². The fourth-order valence-corrected chi connectivity index (χ4v) is 3.51. The standard InChI is InChI=1S/C20H21N7O4/c1-24-13-14(12-21-24)19(28)22-15-6-9-25(10-7-15)20(29)18-8-11-26(23-18)16-2-4-17(5-3-16)27(30)31/h2-5,8,11-13,15H,6-7,9-10H2,1H3,(H,22,28). The van der Waals surface area contributed by atoms with E-state index in [0.717, 1.165) is 0 Å². The maximum Gasteiger partial charge on any atom is 0.274 e. The molecule has 1 aliphatic rings. The largest absolute Gasteiger partial charge is 0.349 e. The Balaban J connectivity index is 1.33. The molecule has 3 aromatic rings. The summed E-state index contributed by atoms with van der Waals surface area (Å²) in [6.45, 7) is 1.03. The Morgan fingerprint density at radius 1 is 1.16 bits per heavy atom. The molecule has 2 amide bonds. The number of benzene rings is 1. The molecule has 1 aromatic carbocycles. The third-order valence-electron chi connectivity index (χ3n) is 5.22. The SMILES string of the molecule is Cn1cc(C(=O)NC2CCN(C(=O)c3ccn(-c4ccc([N+](=O)[O-])cc4)n3)CC2)cn1. The van der Waals surface area contributed by atoms with Crippen LogP contribution in [0.25, 0.3) is 5.69 Å². The number of amides is 2. The first kappa shape index (κ1) is 20.3. The van der Waals surface area contributed by atoms with Gasteiger partial charge in [0.2, 0.25) is 0 Å². The van der Waals surface area contributed by atoms with Gasteiger partial charge in [-0.15, -0.1) is 0 Å². The van der Waals surface area contributed by atoms with Crippen molar-refractivity contribution in [2.75, 3.05) is 13.1 Å². The van der Waals surface area contributed by atoms with E-state index in [0.29, 0.717) is 42.9 Å². The summed E-state index contributed by atoms with van der Waals surface area (Å²) >= 11 is 0. The van der Waals surface area contributed by atoms with E-state index >= 15 is 0 Å². The summed E-state index contributed by atoms with van der Waals surface area (Å²) in [7, 11) is 1.75. The van der Waals surface area contributed by atoms with Crippen molar-refractivity contribution in [2.24, 2.45) is 7.05 Å². The van der Waals surface area contributed by atoms with Crippen molar-refractivity contribution < 1.29 is 14.5 Å². The van der Waals surface area contributed by atoms with Crippen LogP contribution in [0, 0.1) is 10.1 Å². The van der Waals surface area contributed by atoms with Gasteiger partial charge in [-0.1, -0.05) is 0 Å². The second kappa shape index (κ2) is 8.38.